The van der Waals surface area contributed by atoms with Crippen molar-refractivity contribution in [1.29, 1.82) is 0 Å². The van der Waals surface area contributed by atoms with Gasteiger partial charge in [-0.3, -0.25) is 4.79 Å². The predicted octanol–water partition coefficient (Wildman–Crippen LogP) is 0.988. The lowest BCUT2D eigenvalue weighted by Crippen LogP contribution is -1.96. The van der Waals surface area contributed by atoms with Crippen LogP contribution in [0.15, 0.2) is 30.6 Å². The van der Waals surface area contributed by atoms with Gasteiger partial charge >= 0.3 is 5.95 Å². The van der Waals surface area contributed by atoms with Gasteiger partial charge in [-0.05, 0) is 29.2 Å². The van der Waals surface area contributed by atoms with E-state index in [0.717, 1.165) is 0 Å². The van der Waals surface area contributed by atoms with Gasteiger partial charge in [-0.1, -0.05) is 4.98 Å². The zero-order valence-corrected chi connectivity index (χ0v) is 7.98. The van der Waals surface area contributed by atoms with Gasteiger partial charge in [0.15, 0.2) is 0 Å². The van der Waals surface area contributed by atoms with E-state index in [0.29, 0.717) is 17.5 Å². The molecular weight excluding hydrogens is 212 g/mol. The number of benzene rings is 1. The second kappa shape index (κ2) is 3.89. The molecule has 0 fully saturated rings. The van der Waals surface area contributed by atoms with Crippen molar-refractivity contribution in [2.75, 3.05) is 0 Å². The van der Waals surface area contributed by atoms with Gasteiger partial charge < -0.3 is 10.1 Å². The van der Waals surface area contributed by atoms with Crippen molar-refractivity contribution in [3.05, 3.63) is 46.3 Å². The van der Waals surface area contributed by atoms with Crippen LogP contribution in [0, 0.1) is 10.1 Å². The van der Waals surface area contributed by atoms with Crippen LogP contribution in [0.5, 0.6) is 0 Å². The largest absolute Gasteiger partial charge is 0.491 e. The first-order chi connectivity index (χ1) is 7.70. The Morgan fingerprint density at radius 2 is 2.00 bits per heavy atom. The molecule has 0 radical (unpaired) electrons. The van der Waals surface area contributed by atoms with Crippen LogP contribution in [0.4, 0.5) is 5.95 Å². The summed E-state index contributed by atoms with van der Waals surface area (Å²) >= 11 is 0. The number of aldehydes is 1. The Morgan fingerprint density at radius 1 is 1.31 bits per heavy atom. The van der Waals surface area contributed by atoms with Gasteiger partial charge in [-0.25, -0.2) is 0 Å². The summed E-state index contributed by atoms with van der Waals surface area (Å²) in [6.45, 7) is 0. The minimum Gasteiger partial charge on any atom is -0.390 e. The van der Waals surface area contributed by atoms with Crippen molar-refractivity contribution in [2.45, 2.75) is 0 Å². The van der Waals surface area contributed by atoms with Crippen molar-refractivity contribution in [3.63, 3.8) is 0 Å². The van der Waals surface area contributed by atoms with Crippen molar-refractivity contribution in [2.24, 2.45) is 0 Å². The van der Waals surface area contributed by atoms with Crippen LogP contribution in [-0.2, 0) is 0 Å². The maximum atomic E-state index is 10.4. The fraction of sp³-hybridized carbons (Fsp3) is 0. The van der Waals surface area contributed by atoms with Gasteiger partial charge in [-0.2, -0.15) is 0 Å². The Morgan fingerprint density at radius 3 is 2.50 bits per heavy atom. The van der Waals surface area contributed by atoms with Crippen molar-refractivity contribution >= 4 is 12.2 Å². The topological polar surface area (TPSA) is 90.9 Å². The zero-order valence-electron chi connectivity index (χ0n) is 7.98. The summed E-state index contributed by atoms with van der Waals surface area (Å²) in [7, 11) is 0. The summed E-state index contributed by atoms with van der Waals surface area (Å²) in [4.78, 5) is 23.6. The van der Waals surface area contributed by atoms with Crippen LogP contribution in [-0.4, -0.2) is 26.0 Å². The fourth-order valence-corrected chi connectivity index (χ4v) is 1.17. The van der Waals surface area contributed by atoms with E-state index in [2.05, 4.69) is 10.1 Å². The Balaban J connectivity index is 2.35. The minimum absolute atomic E-state index is 0.459. The highest BCUT2D eigenvalue weighted by Gasteiger charge is 2.13. The number of nitrogens with zero attached hydrogens (tertiary/aromatic N) is 4. The molecule has 0 N–H and O–H groups in total. The van der Waals surface area contributed by atoms with Gasteiger partial charge in [0.2, 0.25) is 6.33 Å². The van der Waals surface area contributed by atoms with E-state index in [-0.39, 0.29) is 0 Å². The van der Waals surface area contributed by atoms with Crippen LogP contribution in [0.2, 0.25) is 0 Å². The van der Waals surface area contributed by atoms with E-state index in [1.807, 2.05) is 0 Å². The normalized spacial score (nSPS) is 10.0. The first-order valence-corrected chi connectivity index (χ1v) is 4.32. The lowest BCUT2D eigenvalue weighted by Gasteiger charge is -1.95. The van der Waals surface area contributed by atoms with E-state index in [1.165, 1.54) is 11.0 Å². The van der Waals surface area contributed by atoms with Gasteiger partial charge in [-0.15, -0.1) is 4.68 Å². The number of carbonyl (C=O) groups is 1. The summed E-state index contributed by atoms with van der Waals surface area (Å²) in [5.41, 5.74) is 1.13. The van der Waals surface area contributed by atoms with Gasteiger partial charge in [0, 0.05) is 10.7 Å². The number of hydrogen-bond acceptors (Lipinski definition) is 5. The number of hydrogen-bond donors (Lipinski definition) is 0. The molecule has 2 aromatic rings. The molecule has 1 aromatic heterocycles. The first kappa shape index (κ1) is 9.97. The van der Waals surface area contributed by atoms with E-state index < -0.39 is 10.9 Å². The molecular formula is C9H6N4O3. The summed E-state index contributed by atoms with van der Waals surface area (Å²) in [5, 5.41) is 14.0. The number of carbonyl (C=O) groups excluding carboxylic acids is 1. The lowest BCUT2D eigenvalue weighted by molar-refractivity contribution is -0.394. The summed E-state index contributed by atoms with van der Waals surface area (Å²) in [6.07, 6.45) is 1.96. The third-order valence-corrected chi connectivity index (χ3v) is 1.94. The Bertz CT molecular complexity index is 532. The molecule has 0 spiro atoms. The van der Waals surface area contributed by atoms with Crippen molar-refractivity contribution in [1.82, 2.24) is 14.8 Å². The molecule has 0 bridgehead atoms. The zero-order chi connectivity index (χ0) is 11.5. The van der Waals surface area contributed by atoms with Gasteiger partial charge in [0.1, 0.15) is 6.29 Å². The standard InChI is InChI=1S/C9H6N4O3/c14-5-7-1-3-8(4-2-7)12-6-10-9(11-12)13(15)16/h1-6H. The average molecular weight is 218 g/mol. The molecule has 1 heterocycles. The summed E-state index contributed by atoms with van der Waals surface area (Å²) in [6, 6.07) is 6.44. The smallest absolute Gasteiger partial charge is 0.390 e. The quantitative estimate of drug-likeness (QED) is 0.435. The minimum atomic E-state index is -0.670. The van der Waals surface area contributed by atoms with E-state index in [1.54, 1.807) is 24.3 Å². The average Bonchev–Trinajstić information content (AvgIpc) is 2.78. The lowest BCUT2D eigenvalue weighted by atomic mass is 10.2. The maximum Gasteiger partial charge on any atom is 0.491 e. The molecule has 0 amide bonds. The summed E-state index contributed by atoms with van der Waals surface area (Å²) < 4.78 is 1.27. The van der Waals surface area contributed by atoms with Crippen LogP contribution in [0.25, 0.3) is 5.69 Å². The summed E-state index contributed by atoms with van der Waals surface area (Å²) in [5.74, 6) is -0.459. The first-order valence-electron chi connectivity index (χ1n) is 4.32. The predicted molar refractivity (Wildman–Crippen MR) is 53.4 cm³/mol. The SMILES string of the molecule is O=Cc1ccc(-n2cnc([N+](=O)[O-])n2)cc1. The number of nitro groups is 1. The highest BCUT2D eigenvalue weighted by atomic mass is 16.6. The molecule has 0 aliphatic heterocycles. The second-order valence-corrected chi connectivity index (χ2v) is 2.96. The second-order valence-electron chi connectivity index (χ2n) is 2.96. The molecule has 0 atom stereocenters. The highest BCUT2D eigenvalue weighted by molar-refractivity contribution is 5.75. The van der Waals surface area contributed by atoms with E-state index in [4.69, 9.17) is 0 Å². The molecule has 16 heavy (non-hydrogen) atoms. The molecule has 0 aliphatic carbocycles. The van der Waals surface area contributed by atoms with E-state index >= 15 is 0 Å². The molecule has 0 aliphatic rings. The van der Waals surface area contributed by atoms with E-state index in [9.17, 15) is 14.9 Å². The molecule has 7 nitrogen and oxygen atoms in total. The molecule has 1 aromatic carbocycles. The molecule has 2 rings (SSSR count). The van der Waals surface area contributed by atoms with Gasteiger partial charge in [0.25, 0.3) is 0 Å². The van der Waals surface area contributed by atoms with Crippen LogP contribution in [0.1, 0.15) is 10.4 Å². The molecule has 0 unspecified atom stereocenters. The fourth-order valence-electron chi connectivity index (χ4n) is 1.17. The molecule has 0 saturated heterocycles. The van der Waals surface area contributed by atoms with Crippen molar-refractivity contribution in [3.8, 4) is 5.69 Å². The Kier molecular flexibility index (Phi) is 2.42. The third-order valence-electron chi connectivity index (χ3n) is 1.94. The van der Waals surface area contributed by atoms with Crippen LogP contribution < -0.4 is 0 Å². The molecule has 7 heteroatoms. The highest BCUT2D eigenvalue weighted by Crippen LogP contribution is 2.09. The Labute approximate surface area is 89.5 Å². The number of rotatable bonds is 3. The number of aromatic nitrogens is 3. The van der Waals surface area contributed by atoms with Crippen LogP contribution in [0.3, 0.4) is 0 Å². The maximum absolute atomic E-state index is 10.4. The van der Waals surface area contributed by atoms with Gasteiger partial charge in [0.05, 0.1) is 5.69 Å². The van der Waals surface area contributed by atoms with Crippen molar-refractivity contribution < 1.29 is 9.72 Å². The Hall–Kier alpha value is -2.57. The monoisotopic (exact) mass is 218 g/mol. The molecule has 80 valence electrons. The molecule has 0 saturated carbocycles. The van der Waals surface area contributed by atoms with Crippen LogP contribution >= 0.6 is 0 Å². The third kappa shape index (κ3) is 1.78.